The van der Waals surface area contributed by atoms with Gasteiger partial charge in [0, 0.05) is 18.8 Å². The number of aromatic nitrogens is 2. The average molecular weight is 247 g/mol. The first-order valence-corrected chi connectivity index (χ1v) is 5.68. The predicted molar refractivity (Wildman–Crippen MR) is 57.5 cm³/mol. The fourth-order valence-electron chi connectivity index (χ4n) is 1.88. The van der Waals surface area contributed by atoms with Crippen LogP contribution in [-0.4, -0.2) is 21.3 Å². The molecule has 1 saturated carbocycles. The fraction of sp³-hybridized carbons (Fsp3) is 0.727. The topological polar surface area (TPSA) is 29.9 Å². The van der Waals surface area contributed by atoms with Crippen LogP contribution in [-0.2, 0) is 6.54 Å². The van der Waals surface area contributed by atoms with Crippen molar-refractivity contribution in [2.24, 2.45) is 0 Å². The highest BCUT2D eigenvalue weighted by Gasteiger charge is 2.62. The van der Waals surface area contributed by atoms with Gasteiger partial charge < -0.3 is 4.57 Å². The van der Waals surface area contributed by atoms with Crippen molar-refractivity contribution in [3.8, 4) is 0 Å². The van der Waals surface area contributed by atoms with Gasteiger partial charge in [0.15, 0.2) is 0 Å². The molecule has 1 aromatic rings. The molecule has 0 amide bonds. The minimum Gasteiger partial charge on any atom is -0.331 e. The summed E-state index contributed by atoms with van der Waals surface area (Å²) in [5.74, 6) is 0. The van der Waals surface area contributed by atoms with E-state index in [9.17, 15) is 13.2 Å². The molecular formula is C11H16F3N3. The predicted octanol–water partition coefficient (Wildman–Crippen LogP) is 2.65. The zero-order valence-electron chi connectivity index (χ0n) is 9.88. The fourth-order valence-corrected chi connectivity index (χ4v) is 1.88. The maximum atomic E-state index is 12.7. The standard InChI is InChI=1S/C11H16F3N3/c1-8(2)17-7-15-5-9(17)6-16-10(3-4-10)11(12,13)14/h5,7-8,16H,3-4,6H2,1-2H3. The second kappa shape index (κ2) is 4.01. The molecular weight excluding hydrogens is 231 g/mol. The molecule has 96 valence electrons. The Bertz CT molecular complexity index is 391. The van der Waals surface area contributed by atoms with Crippen LogP contribution in [0.25, 0.3) is 0 Å². The van der Waals surface area contributed by atoms with Gasteiger partial charge >= 0.3 is 6.18 Å². The number of rotatable bonds is 4. The molecule has 0 aromatic carbocycles. The first-order valence-electron chi connectivity index (χ1n) is 5.68. The van der Waals surface area contributed by atoms with E-state index in [1.54, 1.807) is 12.5 Å². The van der Waals surface area contributed by atoms with E-state index in [2.05, 4.69) is 10.3 Å². The Labute approximate surface area is 98.0 Å². The van der Waals surface area contributed by atoms with E-state index in [-0.39, 0.29) is 25.4 Å². The van der Waals surface area contributed by atoms with Gasteiger partial charge in [0.25, 0.3) is 0 Å². The van der Waals surface area contributed by atoms with E-state index in [0.717, 1.165) is 5.69 Å². The van der Waals surface area contributed by atoms with E-state index in [0.29, 0.717) is 0 Å². The Morgan fingerprint density at radius 2 is 2.12 bits per heavy atom. The van der Waals surface area contributed by atoms with Crippen molar-refractivity contribution in [2.45, 2.75) is 51.0 Å². The van der Waals surface area contributed by atoms with Gasteiger partial charge in [-0.1, -0.05) is 0 Å². The van der Waals surface area contributed by atoms with E-state index >= 15 is 0 Å². The SMILES string of the molecule is CC(C)n1cncc1CNC1(C(F)(F)F)CC1. The molecule has 0 atom stereocenters. The monoisotopic (exact) mass is 247 g/mol. The Hall–Kier alpha value is -1.04. The van der Waals surface area contributed by atoms with Crippen molar-refractivity contribution in [1.82, 2.24) is 14.9 Å². The zero-order valence-corrected chi connectivity index (χ0v) is 9.88. The van der Waals surface area contributed by atoms with Crippen LogP contribution in [0.3, 0.4) is 0 Å². The third kappa shape index (κ3) is 2.31. The third-order valence-corrected chi connectivity index (χ3v) is 3.20. The molecule has 17 heavy (non-hydrogen) atoms. The van der Waals surface area contributed by atoms with Gasteiger partial charge in [-0.05, 0) is 26.7 Å². The highest BCUT2D eigenvalue weighted by Crippen LogP contribution is 2.49. The quantitative estimate of drug-likeness (QED) is 0.886. The van der Waals surface area contributed by atoms with Crippen molar-refractivity contribution in [2.75, 3.05) is 0 Å². The number of halogens is 3. The first-order chi connectivity index (χ1) is 7.86. The van der Waals surface area contributed by atoms with Gasteiger partial charge in [0.05, 0.1) is 12.0 Å². The summed E-state index contributed by atoms with van der Waals surface area (Å²) in [6.07, 6.45) is -0.553. The maximum Gasteiger partial charge on any atom is 0.406 e. The first kappa shape index (κ1) is 12.4. The molecule has 1 fully saturated rings. The van der Waals surface area contributed by atoms with Crippen molar-refractivity contribution >= 4 is 0 Å². The molecule has 0 aliphatic heterocycles. The molecule has 1 aliphatic rings. The van der Waals surface area contributed by atoms with E-state index < -0.39 is 11.7 Å². The molecule has 0 spiro atoms. The maximum absolute atomic E-state index is 12.7. The zero-order chi connectivity index (χ0) is 12.7. The third-order valence-electron chi connectivity index (χ3n) is 3.20. The second-order valence-corrected chi connectivity index (χ2v) is 4.82. The van der Waals surface area contributed by atoms with Crippen molar-refractivity contribution in [1.29, 1.82) is 0 Å². The van der Waals surface area contributed by atoms with Gasteiger partial charge in [-0.2, -0.15) is 13.2 Å². The highest BCUT2D eigenvalue weighted by atomic mass is 19.4. The summed E-state index contributed by atoms with van der Waals surface area (Å²) in [6.45, 7) is 4.15. The van der Waals surface area contributed by atoms with Crippen LogP contribution in [0.4, 0.5) is 13.2 Å². The van der Waals surface area contributed by atoms with Crippen LogP contribution in [0.5, 0.6) is 0 Å². The van der Waals surface area contributed by atoms with Crippen LogP contribution in [0.1, 0.15) is 38.4 Å². The van der Waals surface area contributed by atoms with Gasteiger partial charge in [0.1, 0.15) is 5.54 Å². The van der Waals surface area contributed by atoms with Gasteiger partial charge in [-0.25, -0.2) is 4.98 Å². The Morgan fingerprint density at radius 1 is 1.47 bits per heavy atom. The summed E-state index contributed by atoms with van der Waals surface area (Å²) in [6, 6.07) is 0.204. The summed E-state index contributed by atoms with van der Waals surface area (Å²) in [7, 11) is 0. The van der Waals surface area contributed by atoms with Crippen LogP contribution >= 0.6 is 0 Å². The van der Waals surface area contributed by atoms with Crippen molar-refractivity contribution < 1.29 is 13.2 Å². The highest BCUT2D eigenvalue weighted by molar-refractivity contribution is 5.10. The Balaban J connectivity index is 2.01. The lowest BCUT2D eigenvalue weighted by Crippen LogP contribution is -2.44. The lowest BCUT2D eigenvalue weighted by molar-refractivity contribution is -0.166. The molecule has 1 N–H and O–H groups in total. The molecule has 2 rings (SSSR count). The molecule has 1 aliphatic carbocycles. The molecule has 3 nitrogen and oxygen atoms in total. The molecule has 1 heterocycles. The number of nitrogens with zero attached hydrogens (tertiary/aromatic N) is 2. The summed E-state index contributed by atoms with van der Waals surface area (Å²) in [5.41, 5.74) is -0.866. The van der Waals surface area contributed by atoms with E-state index in [1.807, 2.05) is 18.4 Å². The largest absolute Gasteiger partial charge is 0.406 e. The molecule has 0 saturated heterocycles. The van der Waals surface area contributed by atoms with Crippen LogP contribution in [0, 0.1) is 0 Å². The summed E-state index contributed by atoms with van der Waals surface area (Å²) in [4.78, 5) is 3.97. The van der Waals surface area contributed by atoms with Crippen LogP contribution in [0.2, 0.25) is 0 Å². The number of imidazole rings is 1. The Morgan fingerprint density at radius 3 is 2.59 bits per heavy atom. The molecule has 0 bridgehead atoms. The molecule has 0 radical (unpaired) electrons. The minimum absolute atomic E-state index is 0.173. The lowest BCUT2D eigenvalue weighted by Gasteiger charge is -2.21. The lowest BCUT2D eigenvalue weighted by atomic mass is 10.2. The summed E-state index contributed by atoms with van der Waals surface area (Å²) in [5, 5.41) is 2.62. The average Bonchev–Trinajstić information content (AvgIpc) is 2.86. The van der Waals surface area contributed by atoms with Gasteiger partial charge in [0.2, 0.25) is 0 Å². The van der Waals surface area contributed by atoms with E-state index in [4.69, 9.17) is 0 Å². The number of alkyl halides is 3. The normalized spacial score (nSPS) is 18.7. The van der Waals surface area contributed by atoms with E-state index in [1.165, 1.54) is 0 Å². The summed E-state index contributed by atoms with van der Waals surface area (Å²) < 4.78 is 40.0. The van der Waals surface area contributed by atoms with Gasteiger partial charge in [-0.15, -0.1) is 0 Å². The molecule has 6 heteroatoms. The molecule has 0 unspecified atom stereocenters. The minimum atomic E-state index is -4.16. The summed E-state index contributed by atoms with van der Waals surface area (Å²) >= 11 is 0. The van der Waals surface area contributed by atoms with Crippen molar-refractivity contribution in [3.05, 3.63) is 18.2 Å². The Kier molecular flexibility index (Phi) is 2.93. The smallest absolute Gasteiger partial charge is 0.331 e. The second-order valence-electron chi connectivity index (χ2n) is 4.82. The molecule has 1 aromatic heterocycles. The number of hydrogen-bond donors (Lipinski definition) is 1. The number of hydrogen-bond acceptors (Lipinski definition) is 2. The number of nitrogens with one attached hydrogen (secondary N) is 1. The van der Waals surface area contributed by atoms with Gasteiger partial charge in [-0.3, -0.25) is 5.32 Å². The van der Waals surface area contributed by atoms with Crippen LogP contribution in [0.15, 0.2) is 12.5 Å². The van der Waals surface area contributed by atoms with Crippen LogP contribution < -0.4 is 5.32 Å². The van der Waals surface area contributed by atoms with Crippen molar-refractivity contribution in [3.63, 3.8) is 0 Å².